The summed E-state index contributed by atoms with van der Waals surface area (Å²) in [6.07, 6.45) is 2.50. The second kappa shape index (κ2) is 10.0. The lowest BCUT2D eigenvalue weighted by atomic mass is 10.0. The van der Waals surface area contributed by atoms with Crippen molar-refractivity contribution in [2.24, 2.45) is 0 Å². The summed E-state index contributed by atoms with van der Waals surface area (Å²) in [6.45, 7) is 3.69. The molecule has 1 fully saturated rings. The first-order valence-corrected chi connectivity index (χ1v) is 13.0. The standard InChI is InChI=1S/C30H26Cl2FN3O2/c1-16-15-34-25(20-6-5-7-21(28(20)33)29(37)35(3)4)14-26(16)36-17(2)12-24(27(32)30(36)38)23-13-22(23)18-8-10-19(31)11-9-18/h5-12,14-15,22-23H,13H2,1-4H3/t22-,23+/m1/s1. The van der Waals surface area contributed by atoms with Crippen molar-refractivity contribution in [2.45, 2.75) is 32.1 Å². The van der Waals surface area contributed by atoms with Crippen LogP contribution in [-0.2, 0) is 0 Å². The van der Waals surface area contributed by atoms with E-state index in [4.69, 9.17) is 23.2 Å². The van der Waals surface area contributed by atoms with Gasteiger partial charge >= 0.3 is 0 Å². The Morgan fingerprint density at radius 2 is 1.76 bits per heavy atom. The van der Waals surface area contributed by atoms with Gasteiger partial charge in [-0.15, -0.1) is 0 Å². The number of carbonyl (C=O) groups excluding carboxylic acids is 1. The Balaban J connectivity index is 1.55. The van der Waals surface area contributed by atoms with Gasteiger partial charge in [-0.05, 0) is 85.2 Å². The van der Waals surface area contributed by atoms with Gasteiger partial charge in [-0.3, -0.25) is 19.1 Å². The number of aromatic nitrogens is 2. The molecule has 0 N–H and O–H groups in total. The smallest absolute Gasteiger partial charge is 0.274 e. The molecule has 0 unspecified atom stereocenters. The molecule has 0 aliphatic heterocycles. The number of rotatable bonds is 5. The predicted octanol–water partition coefficient (Wildman–Crippen LogP) is 6.94. The van der Waals surface area contributed by atoms with Crippen molar-refractivity contribution in [3.8, 4) is 16.9 Å². The van der Waals surface area contributed by atoms with Crippen LogP contribution in [0.5, 0.6) is 0 Å². The lowest BCUT2D eigenvalue weighted by molar-refractivity contribution is 0.0823. The molecule has 194 valence electrons. The number of pyridine rings is 2. The number of hydrogen-bond acceptors (Lipinski definition) is 3. The monoisotopic (exact) mass is 549 g/mol. The van der Waals surface area contributed by atoms with Gasteiger partial charge in [-0.2, -0.15) is 0 Å². The van der Waals surface area contributed by atoms with Crippen LogP contribution in [0.4, 0.5) is 4.39 Å². The van der Waals surface area contributed by atoms with Crippen molar-refractivity contribution in [2.75, 3.05) is 14.1 Å². The Kier molecular flexibility index (Phi) is 6.88. The molecule has 2 aromatic carbocycles. The maximum atomic E-state index is 15.4. The summed E-state index contributed by atoms with van der Waals surface area (Å²) >= 11 is 12.7. The fraction of sp³-hybridized carbons (Fsp3) is 0.233. The fourth-order valence-electron chi connectivity index (χ4n) is 4.96. The van der Waals surface area contributed by atoms with Crippen LogP contribution >= 0.6 is 23.2 Å². The van der Waals surface area contributed by atoms with Gasteiger partial charge in [0.15, 0.2) is 0 Å². The summed E-state index contributed by atoms with van der Waals surface area (Å²) < 4.78 is 16.9. The molecular formula is C30H26Cl2FN3O2. The molecule has 1 aliphatic carbocycles. The highest BCUT2D eigenvalue weighted by Crippen LogP contribution is 2.56. The molecular weight excluding hydrogens is 524 g/mol. The molecule has 8 heteroatoms. The third-order valence-electron chi connectivity index (χ3n) is 7.08. The molecule has 0 spiro atoms. The van der Waals surface area contributed by atoms with Crippen molar-refractivity contribution in [3.05, 3.63) is 115 Å². The van der Waals surface area contributed by atoms with E-state index in [1.807, 2.05) is 44.2 Å². The summed E-state index contributed by atoms with van der Waals surface area (Å²) in [4.78, 5) is 31.7. The molecule has 1 amide bonds. The molecule has 4 aromatic rings. The van der Waals surface area contributed by atoms with E-state index in [-0.39, 0.29) is 33.5 Å². The molecule has 1 aliphatic rings. The first-order valence-electron chi connectivity index (χ1n) is 12.2. The second-order valence-electron chi connectivity index (χ2n) is 9.92. The summed E-state index contributed by atoms with van der Waals surface area (Å²) in [5.74, 6) is -0.658. The van der Waals surface area contributed by atoms with Crippen molar-refractivity contribution >= 4 is 29.1 Å². The predicted molar refractivity (Wildman–Crippen MR) is 149 cm³/mol. The van der Waals surface area contributed by atoms with Crippen molar-refractivity contribution in [3.63, 3.8) is 0 Å². The number of nitrogens with zero attached hydrogens (tertiary/aromatic N) is 3. The lowest BCUT2D eigenvalue weighted by Crippen LogP contribution is -2.23. The topological polar surface area (TPSA) is 55.2 Å². The van der Waals surface area contributed by atoms with Crippen LogP contribution in [0.2, 0.25) is 10.0 Å². The maximum Gasteiger partial charge on any atom is 0.274 e. The Morgan fingerprint density at radius 1 is 1.05 bits per heavy atom. The van der Waals surface area contributed by atoms with Crippen LogP contribution in [0.15, 0.2) is 65.6 Å². The minimum absolute atomic E-state index is 0.0446. The van der Waals surface area contributed by atoms with Crippen LogP contribution in [-0.4, -0.2) is 34.5 Å². The van der Waals surface area contributed by atoms with E-state index < -0.39 is 11.7 Å². The molecule has 0 radical (unpaired) electrons. The van der Waals surface area contributed by atoms with Gasteiger partial charge in [-0.1, -0.05) is 41.4 Å². The van der Waals surface area contributed by atoms with Crippen LogP contribution in [0, 0.1) is 19.7 Å². The lowest BCUT2D eigenvalue weighted by Gasteiger charge is -2.17. The van der Waals surface area contributed by atoms with Gasteiger partial charge < -0.3 is 4.90 Å². The third kappa shape index (κ3) is 4.63. The molecule has 2 heterocycles. The maximum absolute atomic E-state index is 15.4. The van der Waals surface area contributed by atoms with E-state index in [0.717, 1.165) is 17.5 Å². The number of hydrogen-bond donors (Lipinski definition) is 0. The number of halogens is 3. The normalized spacial score (nSPS) is 16.4. The highest BCUT2D eigenvalue weighted by molar-refractivity contribution is 6.31. The summed E-state index contributed by atoms with van der Waals surface area (Å²) in [7, 11) is 3.14. The molecule has 0 bridgehead atoms. The Hall–Kier alpha value is -3.48. The van der Waals surface area contributed by atoms with Gasteiger partial charge in [0.05, 0.1) is 16.9 Å². The molecule has 5 nitrogen and oxygen atoms in total. The minimum atomic E-state index is -0.659. The number of benzene rings is 2. The Morgan fingerprint density at radius 3 is 2.45 bits per heavy atom. The summed E-state index contributed by atoms with van der Waals surface area (Å²) in [6, 6.07) is 16.0. The highest BCUT2D eigenvalue weighted by Gasteiger charge is 2.41. The molecule has 1 saturated carbocycles. The fourth-order valence-corrected chi connectivity index (χ4v) is 5.36. The summed E-state index contributed by atoms with van der Waals surface area (Å²) in [5, 5.41) is 0.866. The van der Waals surface area contributed by atoms with Crippen molar-refractivity contribution in [1.82, 2.24) is 14.5 Å². The largest absolute Gasteiger partial charge is 0.345 e. The number of amides is 1. The van der Waals surface area contributed by atoms with Crippen molar-refractivity contribution in [1.29, 1.82) is 0 Å². The Labute approximate surface area is 230 Å². The zero-order chi connectivity index (χ0) is 27.3. The first kappa shape index (κ1) is 26.1. The quantitative estimate of drug-likeness (QED) is 0.271. The average Bonchev–Trinajstić information content (AvgIpc) is 3.68. The van der Waals surface area contributed by atoms with E-state index in [2.05, 4.69) is 4.98 Å². The van der Waals surface area contributed by atoms with Crippen LogP contribution in [0.25, 0.3) is 16.9 Å². The van der Waals surface area contributed by atoms with E-state index in [1.54, 1.807) is 43.1 Å². The SMILES string of the molecule is Cc1cnc(-c2cccc(C(=O)N(C)C)c2F)cc1-n1c(C)cc([C@H]2C[C@@H]2c2ccc(Cl)cc2)c(Cl)c1=O. The molecule has 5 rings (SSSR count). The molecule has 0 saturated heterocycles. The third-order valence-corrected chi connectivity index (χ3v) is 7.71. The first-order chi connectivity index (χ1) is 18.1. The van der Waals surface area contributed by atoms with E-state index >= 15 is 4.39 Å². The Bertz CT molecular complexity index is 1630. The molecule has 38 heavy (non-hydrogen) atoms. The van der Waals surface area contributed by atoms with Crippen molar-refractivity contribution < 1.29 is 9.18 Å². The van der Waals surface area contributed by atoms with E-state index in [1.165, 1.54) is 16.5 Å². The van der Waals surface area contributed by atoms with Crippen LogP contribution in [0.3, 0.4) is 0 Å². The van der Waals surface area contributed by atoms with Gasteiger partial charge in [-0.25, -0.2) is 4.39 Å². The number of aryl methyl sites for hydroxylation is 2. The zero-order valence-corrected chi connectivity index (χ0v) is 22.9. The number of carbonyl (C=O) groups is 1. The van der Waals surface area contributed by atoms with Crippen LogP contribution < -0.4 is 5.56 Å². The van der Waals surface area contributed by atoms with E-state index in [9.17, 15) is 9.59 Å². The van der Waals surface area contributed by atoms with Gasteiger partial charge in [0.25, 0.3) is 11.5 Å². The molecule has 2 aromatic heterocycles. The summed E-state index contributed by atoms with van der Waals surface area (Å²) in [5.41, 5.74) is 4.12. The zero-order valence-electron chi connectivity index (χ0n) is 21.4. The minimum Gasteiger partial charge on any atom is -0.345 e. The van der Waals surface area contributed by atoms with Gasteiger partial charge in [0, 0.05) is 36.6 Å². The highest BCUT2D eigenvalue weighted by atomic mass is 35.5. The van der Waals surface area contributed by atoms with E-state index in [0.29, 0.717) is 22.1 Å². The van der Waals surface area contributed by atoms with Gasteiger partial charge in [0.2, 0.25) is 0 Å². The molecule has 2 atom stereocenters. The average molecular weight is 550 g/mol. The van der Waals surface area contributed by atoms with Crippen LogP contribution in [0.1, 0.15) is 51.0 Å². The van der Waals surface area contributed by atoms with Gasteiger partial charge in [0.1, 0.15) is 10.8 Å². The second-order valence-corrected chi connectivity index (χ2v) is 10.7.